The Morgan fingerprint density at radius 3 is 2.57 bits per heavy atom. The summed E-state index contributed by atoms with van der Waals surface area (Å²) in [6, 6.07) is 18.1. The molecule has 0 radical (unpaired) electrons. The van der Waals surface area contributed by atoms with E-state index >= 15 is 0 Å². The van der Waals surface area contributed by atoms with E-state index in [2.05, 4.69) is 79.6 Å². The highest BCUT2D eigenvalue weighted by atomic mass is 32.2. The molecule has 5 rings (SSSR count). The predicted molar refractivity (Wildman–Crippen MR) is 126 cm³/mol. The molecule has 0 aliphatic carbocycles. The first-order valence-corrected chi connectivity index (χ1v) is 11.7. The van der Waals surface area contributed by atoms with Crippen molar-refractivity contribution in [2.75, 3.05) is 5.75 Å². The van der Waals surface area contributed by atoms with Crippen molar-refractivity contribution in [3.63, 3.8) is 0 Å². The lowest BCUT2D eigenvalue weighted by atomic mass is 9.95. The van der Waals surface area contributed by atoms with Gasteiger partial charge in [0.1, 0.15) is 6.04 Å². The van der Waals surface area contributed by atoms with E-state index in [1.165, 1.54) is 33.4 Å². The summed E-state index contributed by atoms with van der Waals surface area (Å²) in [5.41, 5.74) is 7.48. The van der Waals surface area contributed by atoms with E-state index in [1.54, 1.807) is 0 Å². The molecule has 5 heteroatoms. The number of nitrogens with zero attached hydrogens (tertiary/aromatic N) is 4. The molecule has 3 aromatic rings. The van der Waals surface area contributed by atoms with E-state index in [0.29, 0.717) is 6.04 Å². The fraction of sp³-hybridized carbons (Fsp3) is 0.360. The van der Waals surface area contributed by atoms with Gasteiger partial charge in [0.05, 0.1) is 11.7 Å². The molecule has 1 aromatic carbocycles. The largest absolute Gasteiger partial charge is 0.338 e. The highest BCUT2D eigenvalue weighted by molar-refractivity contribution is 8.14. The van der Waals surface area contributed by atoms with E-state index in [1.807, 2.05) is 24.0 Å². The lowest BCUT2D eigenvalue weighted by Crippen LogP contribution is -2.35. The molecule has 0 bridgehead atoms. The van der Waals surface area contributed by atoms with Gasteiger partial charge in [-0.25, -0.2) is 0 Å². The maximum absolute atomic E-state index is 5.17. The Morgan fingerprint density at radius 2 is 1.87 bits per heavy atom. The topological polar surface area (TPSA) is 33.4 Å². The molecule has 2 aromatic heterocycles. The van der Waals surface area contributed by atoms with Gasteiger partial charge < -0.3 is 9.47 Å². The molecule has 4 heterocycles. The lowest BCUT2D eigenvalue weighted by Gasteiger charge is -2.32. The molecule has 30 heavy (non-hydrogen) atoms. The van der Waals surface area contributed by atoms with Gasteiger partial charge in [-0.2, -0.15) is 0 Å². The Hall–Kier alpha value is -2.53. The van der Waals surface area contributed by atoms with Gasteiger partial charge in [-0.3, -0.25) is 9.98 Å². The van der Waals surface area contributed by atoms with Crippen LogP contribution in [-0.2, 0) is 0 Å². The van der Waals surface area contributed by atoms with Crippen LogP contribution in [-0.4, -0.2) is 31.4 Å². The van der Waals surface area contributed by atoms with Crippen LogP contribution in [0.3, 0.4) is 0 Å². The number of hydrogen-bond donors (Lipinski definition) is 0. The van der Waals surface area contributed by atoms with Crippen LogP contribution in [0.15, 0.2) is 59.7 Å². The number of pyridine rings is 1. The van der Waals surface area contributed by atoms with Crippen LogP contribution in [0.25, 0.3) is 5.69 Å². The summed E-state index contributed by atoms with van der Waals surface area (Å²) in [7, 11) is 0. The van der Waals surface area contributed by atoms with Gasteiger partial charge in [0.25, 0.3) is 0 Å². The summed E-state index contributed by atoms with van der Waals surface area (Å²) in [5.74, 6) is 1.12. The second-order valence-corrected chi connectivity index (χ2v) is 9.32. The van der Waals surface area contributed by atoms with Crippen molar-refractivity contribution >= 4 is 16.9 Å². The summed E-state index contributed by atoms with van der Waals surface area (Å²) < 4.78 is 2.38. The van der Waals surface area contributed by atoms with Gasteiger partial charge in [-0.1, -0.05) is 42.4 Å². The zero-order valence-electron chi connectivity index (χ0n) is 18.0. The van der Waals surface area contributed by atoms with Crippen molar-refractivity contribution in [2.45, 2.75) is 52.2 Å². The molecule has 3 atom stereocenters. The molecule has 0 N–H and O–H groups in total. The minimum atomic E-state index is 0.0371. The monoisotopic (exact) mass is 416 g/mol. The molecule has 2 aliphatic heterocycles. The Bertz CT molecular complexity index is 1080. The summed E-state index contributed by atoms with van der Waals surface area (Å²) in [4.78, 5) is 12.4. The molecule has 4 nitrogen and oxygen atoms in total. The van der Waals surface area contributed by atoms with Crippen LogP contribution in [0.5, 0.6) is 0 Å². The smallest absolute Gasteiger partial charge is 0.160 e. The van der Waals surface area contributed by atoms with Crippen LogP contribution in [0.1, 0.15) is 53.6 Å². The third-order valence-electron chi connectivity index (χ3n) is 6.41. The number of aliphatic imine (C=N–C) groups is 1. The highest BCUT2D eigenvalue weighted by Gasteiger charge is 2.46. The van der Waals surface area contributed by atoms with Crippen molar-refractivity contribution in [1.29, 1.82) is 0 Å². The summed E-state index contributed by atoms with van der Waals surface area (Å²) in [6.45, 7) is 8.88. The quantitative estimate of drug-likeness (QED) is 0.541. The number of benzene rings is 1. The van der Waals surface area contributed by atoms with E-state index in [-0.39, 0.29) is 12.1 Å². The maximum Gasteiger partial charge on any atom is 0.160 e. The van der Waals surface area contributed by atoms with E-state index in [4.69, 9.17) is 9.98 Å². The lowest BCUT2D eigenvalue weighted by molar-refractivity contribution is 0.254. The zero-order valence-corrected chi connectivity index (χ0v) is 18.9. The second-order valence-electron chi connectivity index (χ2n) is 8.33. The number of aryl methyl sites for hydroxylation is 2. The van der Waals surface area contributed by atoms with Crippen molar-refractivity contribution in [3.05, 3.63) is 82.9 Å². The number of aromatic nitrogens is 2. The fourth-order valence-corrected chi connectivity index (χ4v) is 6.20. The number of hydrogen-bond acceptors (Lipinski definition) is 4. The molecular formula is C25H28N4S. The molecule has 1 saturated heterocycles. The Kier molecular flexibility index (Phi) is 4.94. The molecule has 1 fully saturated rings. The first-order valence-electron chi connectivity index (χ1n) is 10.7. The SMILES string of the molecule is CC[C@@H]1CSC2=N[C@H](c3ccccn3)[C@H](c3cc(C)n(-c4ccc(C)cc4)c3C)N21. The third-order valence-corrected chi connectivity index (χ3v) is 7.54. The molecule has 0 spiro atoms. The van der Waals surface area contributed by atoms with Crippen molar-refractivity contribution in [2.24, 2.45) is 4.99 Å². The standard InChI is InChI=1S/C25H28N4S/c1-5-19-15-30-25-27-23(22-8-6-7-13-26-22)24(29(19)25)21-14-17(3)28(18(21)4)20-11-9-16(2)10-12-20/h6-14,19,23-24H,5,15H2,1-4H3/t19-,23-,24+/m1/s1. The van der Waals surface area contributed by atoms with Crippen molar-refractivity contribution in [1.82, 2.24) is 14.5 Å². The molecule has 0 saturated carbocycles. The van der Waals surface area contributed by atoms with Gasteiger partial charge in [-0.15, -0.1) is 0 Å². The van der Waals surface area contributed by atoms with Gasteiger partial charge in [0, 0.05) is 35.1 Å². The van der Waals surface area contributed by atoms with Crippen molar-refractivity contribution < 1.29 is 0 Å². The molecule has 154 valence electrons. The number of fused-ring (bicyclic) bond motifs is 1. The Labute approximate surface area is 183 Å². The summed E-state index contributed by atoms with van der Waals surface area (Å²) in [6.07, 6.45) is 3.02. The van der Waals surface area contributed by atoms with Gasteiger partial charge in [0.2, 0.25) is 0 Å². The molecular weight excluding hydrogens is 388 g/mol. The average Bonchev–Trinajstić information content (AvgIpc) is 3.41. The van der Waals surface area contributed by atoms with Crippen LogP contribution in [0, 0.1) is 20.8 Å². The van der Waals surface area contributed by atoms with Gasteiger partial charge in [0.15, 0.2) is 5.17 Å². The normalized spacial score (nSPS) is 23.0. The first-order chi connectivity index (χ1) is 14.6. The second kappa shape index (κ2) is 7.62. The molecule has 0 amide bonds. The van der Waals surface area contributed by atoms with E-state index < -0.39 is 0 Å². The Morgan fingerprint density at radius 1 is 1.07 bits per heavy atom. The first kappa shape index (κ1) is 19.4. The average molecular weight is 417 g/mol. The van der Waals surface area contributed by atoms with E-state index in [0.717, 1.165) is 17.9 Å². The minimum absolute atomic E-state index is 0.0371. The molecule has 0 unspecified atom stereocenters. The van der Waals surface area contributed by atoms with Gasteiger partial charge >= 0.3 is 0 Å². The minimum Gasteiger partial charge on any atom is -0.338 e. The summed E-state index contributed by atoms with van der Waals surface area (Å²) in [5, 5.41) is 1.18. The predicted octanol–water partition coefficient (Wildman–Crippen LogP) is 5.78. The number of thioether (sulfide) groups is 1. The van der Waals surface area contributed by atoms with Crippen LogP contribution in [0.2, 0.25) is 0 Å². The summed E-state index contributed by atoms with van der Waals surface area (Å²) >= 11 is 1.90. The maximum atomic E-state index is 5.17. The third kappa shape index (κ3) is 3.07. The van der Waals surface area contributed by atoms with E-state index in [9.17, 15) is 0 Å². The number of rotatable bonds is 4. The highest BCUT2D eigenvalue weighted by Crippen LogP contribution is 2.49. The van der Waals surface area contributed by atoms with Crippen LogP contribution < -0.4 is 0 Å². The van der Waals surface area contributed by atoms with Crippen LogP contribution >= 0.6 is 11.8 Å². The van der Waals surface area contributed by atoms with Crippen LogP contribution in [0.4, 0.5) is 0 Å². The van der Waals surface area contributed by atoms with Gasteiger partial charge in [-0.05, 0) is 63.1 Å². The molecule has 2 aliphatic rings. The Balaban J connectivity index is 1.63. The number of amidine groups is 1. The fourth-order valence-electron chi connectivity index (χ4n) is 4.86. The van der Waals surface area contributed by atoms with Crippen molar-refractivity contribution in [3.8, 4) is 5.69 Å². The zero-order chi connectivity index (χ0) is 20.8.